The molecule has 1 aromatic heterocycles. The van der Waals surface area contributed by atoms with Crippen LogP contribution in [-0.4, -0.2) is 47.8 Å². The smallest absolute Gasteiger partial charge is 0.231 e. The highest BCUT2D eigenvalue weighted by atomic mass is 16.7. The van der Waals surface area contributed by atoms with Gasteiger partial charge in [-0.15, -0.1) is 0 Å². The van der Waals surface area contributed by atoms with E-state index in [1.165, 1.54) is 5.56 Å². The van der Waals surface area contributed by atoms with Gasteiger partial charge >= 0.3 is 0 Å². The Kier molecular flexibility index (Phi) is 5.45. The lowest BCUT2D eigenvalue weighted by molar-refractivity contribution is 0.174. The van der Waals surface area contributed by atoms with Crippen molar-refractivity contribution < 1.29 is 9.47 Å². The topological polar surface area (TPSA) is 88.8 Å². The highest BCUT2D eigenvalue weighted by Gasteiger charge is 2.21. The zero-order valence-electron chi connectivity index (χ0n) is 17.3. The third kappa shape index (κ3) is 4.34. The van der Waals surface area contributed by atoms with Gasteiger partial charge in [0.05, 0.1) is 0 Å². The molecular weight excluding hydrogens is 392 g/mol. The Bertz CT molecular complexity index is 1040. The molecule has 0 spiro atoms. The van der Waals surface area contributed by atoms with Crippen LogP contribution in [0, 0.1) is 0 Å². The molecule has 1 saturated heterocycles. The summed E-state index contributed by atoms with van der Waals surface area (Å²) in [4.78, 5) is 13.5. The highest BCUT2D eigenvalue weighted by Crippen LogP contribution is 2.33. The zero-order chi connectivity index (χ0) is 21.0. The van der Waals surface area contributed by atoms with Crippen LogP contribution in [0.15, 0.2) is 54.9 Å². The van der Waals surface area contributed by atoms with E-state index < -0.39 is 0 Å². The average Bonchev–Trinajstić information content (AvgIpc) is 3.28. The van der Waals surface area contributed by atoms with Gasteiger partial charge in [0.1, 0.15) is 12.0 Å². The summed E-state index contributed by atoms with van der Waals surface area (Å²) in [6, 6.07) is 16.5. The molecule has 0 amide bonds. The minimum absolute atomic E-state index is 0.271. The minimum atomic E-state index is 0.271. The van der Waals surface area contributed by atoms with E-state index >= 15 is 0 Å². The maximum Gasteiger partial charge on any atom is 0.231 e. The van der Waals surface area contributed by atoms with E-state index in [1.807, 2.05) is 18.2 Å². The number of fused-ring (bicyclic) bond motifs is 1. The lowest BCUT2D eigenvalue weighted by Gasteiger charge is -2.36. The largest absolute Gasteiger partial charge is 0.454 e. The predicted octanol–water partition coefficient (Wildman–Crippen LogP) is 2.72. The van der Waals surface area contributed by atoms with Crippen molar-refractivity contribution in [2.45, 2.75) is 13.1 Å². The van der Waals surface area contributed by atoms with Gasteiger partial charge in [0.15, 0.2) is 23.1 Å². The summed E-state index contributed by atoms with van der Waals surface area (Å²) in [5.74, 6) is 2.99. The number of rotatable bonds is 6. The molecule has 1 fully saturated rings. The SMILES string of the molecule is Nc1c(NCc2ccc3c(c2)OCO3)ncnc1N1CCN(Cc2ccccc2)CC1. The molecule has 3 N–H and O–H groups in total. The molecule has 3 heterocycles. The van der Waals surface area contributed by atoms with Crippen LogP contribution in [0.4, 0.5) is 17.3 Å². The summed E-state index contributed by atoms with van der Waals surface area (Å²) >= 11 is 0. The van der Waals surface area contributed by atoms with Crippen molar-refractivity contribution >= 4 is 17.3 Å². The summed E-state index contributed by atoms with van der Waals surface area (Å²) < 4.78 is 10.8. The van der Waals surface area contributed by atoms with Crippen LogP contribution in [0.3, 0.4) is 0 Å². The summed E-state index contributed by atoms with van der Waals surface area (Å²) in [6.45, 7) is 5.54. The molecule has 3 aromatic rings. The van der Waals surface area contributed by atoms with Crippen LogP contribution >= 0.6 is 0 Å². The first-order valence-corrected chi connectivity index (χ1v) is 10.5. The van der Waals surface area contributed by atoms with E-state index in [0.29, 0.717) is 18.1 Å². The molecule has 5 rings (SSSR count). The average molecular weight is 419 g/mol. The molecule has 31 heavy (non-hydrogen) atoms. The Balaban J connectivity index is 1.21. The fraction of sp³-hybridized carbons (Fsp3) is 0.304. The monoisotopic (exact) mass is 418 g/mol. The summed E-state index contributed by atoms with van der Waals surface area (Å²) in [6.07, 6.45) is 1.57. The lowest BCUT2D eigenvalue weighted by atomic mass is 10.2. The molecule has 8 nitrogen and oxygen atoms in total. The normalized spacial score (nSPS) is 15.8. The number of anilines is 3. The molecule has 2 aliphatic heterocycles. The van der Waals surface area contributed by atoms with Gasteiger partial charge in [-0.1, -0.05) is 36.4 Å². The number of nitrogen functional groups attached to an aromatic ring is 1. The molecule has 8 heteroatoms. The second-order valence-electron chi connectivity index (χ2n) is 7.75. The van der Waals surface area contributed by atoms with Gasteiger partial charge in [-0.25, -0.2) is 9.97 Å². The maximum absolute atomic E-state index is 6.44. The zero-order valence-corrected chi connectivity index (χ0v) is 17.3. The van der Waals surface area contributed by atoms with Gasteiger partial charge in [0, 0.05) is 39.3 Å². The Hall–Kier alpha value is -3.52. The number of piperazine rings is 1. The van der Waals surface area contributed by atoms with Crippen molar-refractivity contribution in [1.82, 2.24) is 14.9 Å². The molecule has 0 bridgehead atoms. The van der Waals surface area contributed by atoms with E-state index in [0.717, 1.165) is 55.6 Å². The Morgan fingerprint density at radius 1 is 0.903 bits per heavy atom. The molecule has 0 aliphatic carbocycles. The van der Waals surface area contributed by atoms with Gasteiger partial charge < -0.3 is 25.4 Å². The molecule has 0 atom stereocenters. The standard InChI is InChI=1S/C23H26N6O2/c24-21-22(25-13-18-6-7-19-20(12-18)31-16-30-19)26-15-27-23(21)29-10-8-28(9-11-29)14-17-4-2-1-3-5-17/h1-7,12,15H,8-11,13-14,16,24H2,(H,25,26,27). The maximum atomic E-state index is 6.44. The Labute approximate surface area is 181 Å². The molecule has 0 unspecified atom stereocenters. The fourth-order valence-corrected chi connectivity index (χ4v) is 3.98. The third-order valence-electron chi connectivity index (χ3n) is 5.68. The second-order valence-corrected chi connectivity index (χ2v) is 7.75. The molecular formula is C23H26N6O2. The number of hydrogen-bond donors (Lipinski definition) is 2. The van der Waals surface area contributed by atoms with Crippen LogP contribution in [0.1, 0.15) is 11.1 Å². The number of nitrogens with two attached hydrogens (primary N) is 1. The van der Waals surface area contributed by atoms with Crippen LogP contribution in [-0.2, 0) is 13.1 Å². The lowest BCUT2D eigenvalue weighted by Crippen LogP contribution is -2.46. The van der Waals surface area contributed by atoms with Gasteiger partial charge in [-0.2, -0.15) is 0 Å². The van der Waals surface area contributed by atoms with Crippen molar-refractivity contribution in [1.29, 1.82) is 0 Å². The molecule has 2 aliphatic rings. The number of aromatic nitrogens is 2. The van der Waals surface area contributed by atoms with Crippen LogP contribution in [0.25, 0.3) is 0 Å². The highest BCUT2D eigenvalue weighted by molar-refractivity contribution is 5.75. The number of ether oxygens (including phenoxy) is 2. The molecule has 2 aromatic carbocycles. The summed E-state index contributed by atoms with van der Waals surface area (Å²) in [7, 11) is 0. The Morgan fingerprint density at radius 2 is 1.71 bits per heavy atom. The van der Waals surface area contributed by atoms with E-state index in [-0.39, 0.29) is 6.79 Å². The molecule has 160 valence electrons. The second kappa shape index (κ2) is 8.69. The molecule has 0 saturated carbocycles. The van der Waals surface area contributed by atoms with E-state index in [2.05, 4.69) is 55.4 Å². The van der Waals surface area contributed by atoms with Gasteiger partial charge in [-0.3, -0.25) is 4.90 Å². The van der Waals surface area contributed by atoms with Crippen molar-refractivity contribution in [3.63, 3.8) is 0 Å². The van der Waals surface area contributed by atoms with E-state index in [4.69, 9.17) is 15.2 Å². The van der Waals surface area contributed by atoms with Gasteiger partial charge in [-0.05, 0) is 23.3 Å². The van der Waals surface area contributed by atoms with E-state index in [1.54, 1.807) is 6.33 Å². The summed E-state index contributed by atoms with van der Waals surface area (Å²) in [5, 5.41) is 3.33. The first kappa shape index (κ1) is 19.4. The summed E-state index contributed by atoms with van der Waals surface area (Å²) in [5.41, 5.74) is 9.43. The van der Waals surface area contributed by atoms with E-state index in [9.17, 15) is 0 Å². The molecule has 0 radical (unpaired) electrons. The van der Waals surface area contributed by atoms with Crippen molar-refractivity contribution in [2.75, 3.05) is 48.9 Å². The number of benzene rings is 2. The fourth-order valence-electron chi connectivity index (χ4n) is 3.98. The van der Waals surface area contributed by atoms with Gasteiger partial charge in [0.2, 0.25) is 6.79 Å². The Morgan fingerprint density at radius 3 is 2.55 bits per heavy atom. The van der Waals surface area contributed by atoms with Crippen LogP contribution < -0.4 is 25.4 Å². The minimum Gasteiger partial charge on any atom is -0.454 e. The van der Waals surface area contributed by atoms with Crippen molar-refractivity contribution in [3.8, 4) is 11.5 Å². The van der Waals surface area contributed by atoms with Crippen molar-refractivity contribution in [2.24, 2.45) is 0 Å². The predicted molar refractivity (Wildman–Crippen MR) is 120 cm³/mol. The van der Waals surface area contributed by atoms with Gasteiger partial charge in [0.25, 0.3) is 0 Å². The van der Waals surface area contributed by atoms with Crippen molar-refractivity contribution in [3.05, 3.63) is 66.0 Å². The van der Waals surface area contributed by atoms with Crippen LogP contribution in [0.5, 0.6) is 11.5 Å². The number of hydrogen-bond acceptors (Lipinski definition) is 8. The number of nitrogens with one attached hydrogen (secondary N) is 1. The van der Waals surface area contributed by atoms with Crippen LogP contribution in [0.2, 0.25) is 0 Å². The first-order valence-electron chi connectivity index (χ1n) is 10.5. The third-order valence-corrected chi connectivity index (χ3v) is 5.68. The number of nitrogens with zero attached hydrogens (tertiary/aromatic N) is 4. The first-order chi connectivity index (χ1) is 15.3. The quantitative estimate of drug-likeness (QED) is 0.632.